The zero-order chi connectivity index (χ0) is 13.3. The van der Waals surface area contributed by atoms with Gasteiger partial charge in [0.05, 0.1) is 12.8 Å². The van der Waals surface area contributed by atoms with E-state index in [1.807, 2.05) is 12.1 Å². The van der Waals surface area contributed by atoms with Crippen molar-refractivity contribution >= 4 is 5.97 Å². The summed E-state index contributed by atoms with van der Waals surface area (Å²) in [6, 6.07) is 7.26. The highest BCUT2D eigenvalue weighted by Gasteiger charge is 2.20. The van der Waals surface area contributed by atoms with Gasteiger partial charge in [0.25, 0.3) is 0 Å². The van der Waals surface area contributed by atoms with Crippen LogP contribution < -0.4 is 4.74 Å². The average Bonchev–Trinajstić information content (AvgIpc) is 2.64. The summed E-state index contributed by atoms with van der Waals surface area (Å²) in [5.74, 6) is -0.249. The van der Waals surface area contributed by atoms with E-state index >= 15 is 0 Å². The van der Waals surface area contributed by atoms with E-state index in [0.717, 1.165) is 11.3 Å². The molecule has 1 aromatic heterocycles. The summed E-state index contributed by atoms with van der Waals surface area (Å²) in [5.41, 5.74) is 2.35. The average molecular weight is 246 g/mol. The molecule has 5 heteroatoms. The number of nitrogens with zero attached hydrogens (tertiary/aromatic N) is 2. The Morgan fingerprint density at radius 2 is 1.94 bits per heavy atom. The lowest BCUT2D eigenvalue weighted by molar-refractivity contribution is 0.0686. The van der Waals surface area contributed by atoms with E-state index in [9.17, 15) is 9.90 Å². The third-order valence-corrected chi connectivity index (χ3v) is 2.80. The number of benzene rings is 1. The molecule has 0 unspecified atom stereocenters. The Kier molecular flexibility index (Phi) is 3.06. The maximum Gasteiger partial charge on any atom is 0.354 e. The highest BCUT2D eigenvalue weighted by atomic mass is 16.5. The van der Waals surface area contributed by atoms with Gasteiger partial charge in [-0.15, -0.1) is 0 Å². The number of hydrogen-bond donors (Lipinski definition) is 1. The van der Waals surface area contributed by atoms with Crippen molar-refractivity contribution in [3.05, 3.63) is 35.7 Å². The zero-order valence-corrected chi connectivity index (χ0v) is 10.5. The molecule has 18 heavy (non-hydrogen) atoms. The molecule has 0 amide bonds. The normalized spacial score (nSPS) is 10.4. The van der Waals surface area contributed by atoms with Crippen molar-refractivity contribution < 1.29 is 14.6 Å². The van der Waals surface area contributed by atoms with Gasteiger partial charge >= 0.3 is 5.97 Å². The Morgan fingerprint density at radius 1 is 1.33 bits per heavy atom. The molecule has 1 heterocycles. The third kappa shape index (κ3) is 1.95. The fourth-order valence-corrected chi connectivity index (χ4v) is 2.01. The van der Waals surface area contributed by atoms with Crippen LogP contribution in [0.3, 0.4) is 0 Å². The van der Waals surface area contributed by atoms with Crippen LogP contribution in [-0.4, -0.2) is 28.0 Å². The molecule has 0 bridgehead atoms. The van der Waals surface area contributed by atoms with Crippen molar-refractivity contribution in [2.24, 2.45) is 7.05 Å². The molecule has 0 radical (unpaired) electrons. The molecule has 5 nitrogen and oxygen atoms in total. The number of rotatable bonds is 3. The largest absolute Gasteiger partial charge is 0.497 e. The van der Waals surface area contributed by atoms with Gasteiger partial charge in [-0.2, -0.15) is 5.10 Å². The lowest BCUT2D eigenvalue weighted by atomic mass is 10.0. The Hall–Kier alpha value is -2.30. The molecule has 1 aromatic carbocycles. The Morgan fingerprint density at radius 3 is 2.44 bits per heavy atom. The number of carbonyl (C=O) groups is 1. The van der Waals surface area contributed by atoms with Crippen molar-refractivity contribution in [2.75, 3.05) is 7.11 Å². The molecule has 1 N–H and O–H groups in total. The first-order valence-electron chi connectivity index (χ1n) is 5.46. The minimum absolute atomic E-state index is 0.192. The van der Waals surface area contributed by atoms with E-state index in [1.165, 1.54) is 4.68 Å². The molecular weight excluding hydrogens is 232 g/mol. The van der Waals surface area contributed by atoms with E-state index < -0.39 is 5.97 Å². The van der Waals surface area contributed by atoms with Crippen LogP contribution in [-0.2, 0) is 7.05 Å². The molecule has 94 valence electrons. The van der Waals surface area contributed by atoms with Gasteiger partial charge in [0.2, 0.25) is 0 Å². The van der Waals surface area contributed by atoms with Gasteiger partial charge in [0.1, 0.15) is 5.75 Å². The number of carboxylic acid groups (broad SMARTS) is 1. The highest BCUT2D eigenvalue weighted by molar-refractivity contribution is 5.95. The van der Waals surface area contributed by atoms with Gasteiger partial charge in [-0.3, -0.25) is 4.68 Å². The van der Waals surface area contributed by atoms with E-state index in [0.29, 0.717) is 11.3 Å². The Bertz CT molecular complexity index is 585. The van der Waals surface area contributed by atoms with Crippen LogP contribution in [0.15, 0.2) is 24.3 Å². The Balaban J connectivity index is 2.59. The number of aromatic carboxylic acids is 1. The Labute approximate surface area is 105 Å². The lowest BCUT2D eigenvalue weighted by Gasteiger charge is -2.04. The summed E-state index contributed by atoms with van der Waals surface area (Å²) >= 11 is 0. The van der Waals surface area contributed by atoms with Crippen LogP contribution in [0, 0.1) is 6.92 Å². The van der Waals surface area contributed by atoms with Crippen LogP contribution in [0.5, 0.6) is 5.75 Å². The molecular formula is C13H14N2O3. The number of methoxy groups -OCH3 is 1. The monoisotopic (exact) mass is 246 g/mol. The second-order valence-electron chi connectivity index (χ2n) is 3.97. The molecule has 0 saturated heterocycles. The smallest absolute Gasteiger partial charge is 0.354 e. The SMILES string of the molecule is COc1ccc(-c2c(C)nn(C)c2C(=O)O)cc1. The number of aryl methyl sites for hydroxylation is 2. The molecule has 0 saturated carbocycles. The van der Waals surface area contributed by atoms with Gasteiger partial charge < -0.3 is 9.84 Å². The van der Waals surface area contributed by atoms with Crippen LogP contribution in [0.4, 0.5) is 0 Å². The van der Waals surface area contributed by atoms with E-state index in [4.69, 9.17) is 4.74 Å². The summed E-state index contributed by atoms with van der Waals surface area (Å²) in [5, 5.41) is 13.4. The fraction of sp³-hybridized carbons (Fsp3) is 0.231. The first-order valence-corrected chi connectivity index (χ1v) is 5.46. The van der Waals surface area contributed by atoms with Crippen LogP contribution in [0.1, 0.15) is 16.2 Å². The van der Waals surface area contributed by atoms with E-state index in [2.05, 4.69) is 5.10 Å². The predicted octanol–water partition coefficient (Wildman–Crippen LogP) is 2.10. The molecule has 0 aliphatic rings. The number of aromatic nitrogens is 2. The molecule has 0 fully saturated rings. The first-order chi connectivity index (χ1) is 8.54. The maximum absolute atomic E-state index is 11.3. The predicted molar refractivity (Wildman–Crippen MR) is 66.9 cm³/mol. The lowest BCUT2D eigenvalue weighted by Crippen LogP contribution is -2.06. The minimum Gasteiger partial charge on any atom is -0.497 e. The molecule has 0 atom stereocenters. The van der Waals surface area contributed by atoms with Crippen molar-refractivity contribution in [3.63, 3.8) is 0 Å². The number of ether oxygens (including phenoxy) is 1. The molecule has 0 spiro atoms. The number of carboxylic acids is 1. The zero-order valence-electron chi connectivity index (χ0n) is 10.5. The van der Waals surface area contributed by atoms with Gasteiger partial charge in [-0.25, -0.2) is 4.79 Å². The molecule has 0 aliphatic heterocycles. The maximum atomic E-state index is 11.3. The second-order valence-corrected chi connectivity index (χ2v) is 3.97. The summed E-state index contributed by atoms with van der Waals surface area (Å²) < 4.78 is 6.47. The van der Waals surface area contributed by atoms with Crippen molar-refractivity contribution in [2.45, 2.75) is 6.92 Å². The van der Waals surface area contributed by atoms with Gasteiger partial charge in [-0.1, -0.05) is 12.1 Å². The van der Waals surface area contributed by atoms with E-state index in [1.54, 1.807) is 33.2 Å². The highest BCUT2D eigenvalue weighted by Crippen LogP contribution is 2.28. The summed E-state index contributed by atoms with van der Waals surface area (Å²) in [7, 11) is 3.22. The standard InChI is InChI=1S/C13H14N2O3/c1-8-11(12(13(16)17)15(2)14-8)9-4-6-10(18-3)7-5-9/h4-7H,1-3H3,(H,16,17). The van der Waals surface area contributed by atoms with Crippen LogP contribution >= 0.6 is 0 Å². The minimum atomic E-state index is -0.982. The topological polar surface area (TPSA) is 64.4 Å². The van der Waals surface area contributed by atoms with Crippen molar-refractivity contribution in [1.29, 1.82) is 0 Å². The first kappa shape index (κ1) is 12.2. The molecule has 2 rings (SSSR count). The second kappa shape index (κ2) is 4.52. The third-order valence-electron chi connectivity index (χ3n) is 2.80. The van der Waals surface area contributed by atoms with Crippen LogP contribution in [0.2, 0.25) is 0 Å². The van der Waals surface area contributed by atoms with Crippen LogP contribution in [0.25, 0.3) is 11.1 Å². The quantitative estimate of drug-likeness (QED) is 0.900. The van der Waals surface area contributed by atoms with Gasteiger partial charge in [0, 0.05) is 12.6 Å². The fourth-order valence-electron chi connectivity index (χ4n) is 2.01. The summed E-state index contributed by atoms with van der Waals surface area (Å²) in [4.78, 5) is 11.3. The summed E-state index contributed by atoms with van der Waals surface area (Å²) in [6.07, 6.45) is 0. The van der Waals surface area contributed by atoms with Crippen molar-refractivity contribution in [1.82, 2.24) is 9.78 Å². The van der Waals surface area contributed by atoms with Crippen molar-refractivity contribution in [3.8, 4) is 16.9 Å². The van der Waals surface area contributed by atoms with Gasteiger partial charge in [-0.05, 0) is 24.6 Å². The molecule has 0 aliphatic carbocycles. The number of hydrogen-bond acceptors (Lipinski definition) is 3. The summed E-state index contributed by atoms with van der Waals surface area (Å²) in [6.45, 7) is 1.80. The van der Waals surface area contributed by atoms with Gasteiger partial charge in [0.15, 0.2) is 5.69 Å². The van der Waals surface area contributed by atoms with E-state index in [-0.39, 0.29) is 5.69 Å². The molecule has 2 aromatic rings.